The lowest BCUT2D eigenvalue weighted by atomic mass is 10.0. The molecule has 1 aliphatic carbocycles. The zero-order chi connectivity index (χ0) is 11.9. The van der Waals surface area contributed by atoms with Crippen LogP contribution in [0.3, 0.4) is 0 Å². The fraction of sp³-hybridized carbons (Fsp3) is 0.400. The van der Waals surface area contributed by atoms with E-state index in [1.807, 2.05) is 0 Å². The normalized spacial score (nSPS) is 16.1. The molecule has 1 atom stereocenters. The Hall–Kier alpha value is -1.04. The monoisotopic (exact) mass is 278 g/mol. The first-order chi connectivity index (χ1) is 7.52. The number of aromatic hydroxyl groups is 1. The fourth-order valence-corrected chi connectivity index (χ4v) is 1.91. The van der Waals surface area contributed by atoms with Crippen LogP contribution in [-0.4, -0.2) is 10.0 Å². The van der Waals surface area contributed by atoms with Crippen molar-refractivity contribution in [1.82, 2.24) is 0 Å². The van der Waals surface area contributed by atoms with Crippen molar-refractivity contribution in [2.24, 2.45) is 11.7 Å². The maximum atomic E-state index is 10.8. The molecule has 7 heteroatoms. The third-order valence-electron chi connectivity index (χ3n) is 2.80. The van der Waals surface area contributed by atoms with Gasteiger partial charge in [0.05, 0.1) is 15.5 Å². The van der Waals surface area contributed by atoms with Gasteiger partial charge in [-0.3, -0.25) is 10.1 Å². The highest BCUT2D eigenvalue weighted by atomic mass is 35.5. The maximum absolute atomic E-state index is 10.8. The third kappa shape index (κ3) is 2.62. The minimum absolute atomic E-state index is 0. The standard InChI is InChI=1S/C10H11ClN2O3.ClH/c11-6-3-4-7(13(15)16)8(10(6)14)9(12)5-1-2-5;/h3-5,9,14H,1-2,12H2;1H/t9-;/m1./s1. The molecule has 0 aliphatic heterocycles. The second-order valence-electron chi connectivity index (χ2n) is 3.95. The first-order valence-electron chi connectivity index (χ1n) is 4.93. The van der Waals surface area contributed by atoms with Gasteiger partial charge in [0, 0.05) is 12.1 Å². The number of phenols is 1. The van der Waals surface area contributed by atoms with Crippen molar-refractivity contribution >= 4 is 29.7 Å². The Labute approximate surface area is 109 Å². The van der Waals surface area contributed by atoms with E-state index < -0.39 is 11.0 Å². The van der Waals surface area contributed by atoms with Crippen LogP contribution in [0.4, 0.5) is 5.69 Å². The molecule has 0 aromatic heterocycles. The Morgan fingerprint density at radius 3 is 2.59 bits per heavy atom. The number of hydrogen-bond donors (Lipinski definition) is 2. The molecule has 0 unspecified atom stereocenters. The molecule has 17 heavy (non-hydrogen) atoms. The summed E-state index contributed by atoms with van der Waals surface area (Å²) in [5.41, 5.74) is 5.87. The Bertz CT molecular complexity index is 449. The predicted octanol–water partition coefficient (Wildman–Crippen LogP) is 2.79. The van der Waals surface area contributed by atoms with Gasteiger partial charge in [0.1, 0.15) is 5.75 Å². The van der Waals surface area contributed by atoms with E-state index in [9.17, 15) is 15.2 Å². The molecular weight excluding hydrogens is 267 g/mol. The van der Waals surface area contributed by atoms with Crippen LogP contribution in [0, 0.1) is 16.0 Å². The lowest BCUT2D eigenvalue weighted by molar-refractivity contribution is -0.385. The van der Waals surface area contributed by atoms with Gasteiger partial charge in [-0.2, -0.15) is 0 Å². The van der Waals surface area contributed by atoms with Gasteiger partial charge >= 0.3 is 0 Å². The van der Waals surface area contributed by atoms with Crippen molar-refractivity contribution in [3.8, 4) is 5.75 Å². The fourth-order valence-electron chi connectivity index (χ4n) is 1.75. The van der Waals surface area contributed by atoms with E-state index in [4.69, 9.17) is 17.3 Å². The lowest BCUT2D eigenvalue weighted by Crippen LogP contribution is -2.14. The minimum Gasteiger partial charge on any atom is -0.506 e. The van der Waals surface area contributed by atoms with Crippen molar-refractivity contribution in [2.75, 3.05) is 0 Å². The summed E-state index contributed by atoms with van der Waals surface area (Å²) in [4.78, 5) is 10.3. The molecule has 0 heterocycles. The quantitative estimate of drug-likeness (QED) is 0.657. The van der Waals surface area contributed by atoms with Crippen molar-refractivity contribution in [3.63, 3.8) is 0 Å². The molecule has 1 fully saturated rings. The number of phenolic OH excluding ortho intramolecular Hbond substituents is 1. The molecule has 1 saturated carbocycles. The van der Waals surface area contributed by atoms with E-state index in [2.05, 4.69) is 0 Å². The molecule has 0 radical (unpaired) electrons. The number of benzene rings is 1. The number of hydrogen-bond acceptors (Lipinski definition) is 4. The van der Waals surface area contributed by atoms with Gasteiger partial charge in [0.2, 0.25) is 0 Å². The predicted molar refractivity (Wildman–Crippen MR) is 66.7 cm³/mol. The summed E-state index contributed by atoms with van der Waals surface area (Å²) in [6.45, 7) is 0. The summed E-state index contributed by atoms with van der Waals surface area (Å²) in [6, 6.07) is 2.07. The number of halogens is 2. The van der Waals surface area contributed by atoms with Gasteiger partial charge in [-0.1, -0.05) is 11.6 Å². The molecule has 0 saturated heterocycles. The van der Waals surface area contributed by atoms with Crippen molar-refractivity contribution in [3.05, 3.63) is 32.8 Å². The first-order valence-corrected chi connectivity index (χ1v) is 5.31. The van der Waals surface area contributed by atoms with Gasteiger partial charge in [-0.15, -0.1) is 12.4 Å². The average Bonchev–Trinajstić information content (AvgIpc) is 3.04. The van der Waals surface area contributed by atoms with Crippen molar-refractivity contribution < 1.29 is 10.0 Å². The van der Waals surface area contributed by atoms with Crippen LogP contribution >= 0.6 is 24.0 Å². The molecule has 5 nitrogen and oxygen atoms in total. The second kappa shape index (κ2) is 5.08. The molecule has 1 aromatic rings. The van der Waals surface area contributed by atoms with Crippen LogP contribution in [0.1, 0.15) is 24.4 Å². The SMILES string of the molecule is Cl.N[C@@H](c1c([N+](=O)[O-])ccc(Cl)c1O)C1CC1. The topological polar surface area (TPSA) is 89.4 Å². The second-order valence-corrected chi connectivity index (χ2v) is 4.36. The lowest BCUT2D eigenvalue weighted by Gasteiger charge is -2.13. The summed E-state index contributed by atoms with van der Waals surface area (Å²) >= 11 is 5.73. The molecule has 94 valence electrons. The highest BCUT2D eigenvalue weighted by Gasteiger charge is 2.36. The van der Waals surface area contributed by atoms with E-state index in [-0.39, 0.29) is 40.3 Å². The average molecular weight is 279 g/mol. The van der Waals surface area contributed by atoms with E-state index >= 15 is 0 Å². The zero-order valence-electron chi connectivity index (χ0n) is 8.80. The Balaban J connectivity index is 0.00000144. The molecule has 1 aromatic carbocycles. The molecule has 0 amide bonds. The number of rotatable bonds is 3. The highest BCUT2D eigenvalue weighted by Crippen LogP contribution is 2.46. The third-order valence-corrected chi connectivity index (χ3v) is 3.11. The summed E-state index contributed by atoms with van der Waals surface area (Å²) in [7, 11) is 0. The molecule has 2 rings (SSSR count). The Morgan fingerprint density at radius 2 is 2.12 bits per heavy atom. The van der Waals surface area contributed by atoms with Gasteiger partial charge < -0.3 is 10.8 Å². The summed E-state index contributed by atoms with van der Waals surface area (Å²) in [5, 5.41) is 20.7. The molecule has 0 bridgehead atoms. The van der Waals surface area contributed by atoms with Gasteiger partial charge in [0.15, 0.2) is 0 Å². The van der Waals surface area contributed by atoms with E-state index in [0.717, 1.165) is 12.8 Å². The Kier molecular flexibility index (Phi) is 4.19. The number of nitrogens with zero attached hydrogens (tertiary/aromatic N) is 1. The van der Waals surface area contributed by atoms with Gasteiger partial charge in [0.25, 0.3) is 5.69 Å². The maximum Gasteiger partial charge on any atom is 0.278 e. The van der Waals surface area contributed by atoms with Crippen LogP contribution in [0.5, 0.6) is 5.75 Å². The van der Waals surface area contributed by atoms with Crippen LogP contribution in [0.2, 0.25) is 5.02 Å². The smallest absolute Gasteiger partial charge is 0.278 e. The molecule has 0 spiro atoms. The van der Waals surface area contributed by atoms with Crippen LogP contribution in [-0.2, 0) is 0 Å². The largest absolute Gasteiger partial charge is 0.506 e. The number of nitro groups is 1. The number of nitro benzene ring substituents is 1. The highest BCUT2D eigenvalue weighted by molar-refractivity contribution is 6.32. The van der Waals surface area contributed by atoms with E-state index in [1.165, 1.54) is 12.1 Å². The molecule has 3 N–H and O–H groups in total. The van der Waals surface area contributed by atoms with Gasteiger partial charge in [-0.05, 0) is 24.8 Å². The molecule has 1 aliphatic rings. The van der Waals surface area contributed by atoms with Gasteiger partial charge in [-0.25, -0.2) is 0 Å². The minimum atomic E-state index is -0.548. The first kappa shape index (κ1) is 14.0. The van der Waals surface area contributed by atoms with Crippen LogP contribution < -0.4 is 5.73 Å². The summed E-state index contributed by atoms with van der Waals surface area (Å²) < 4.78 is 0. The number of nitrogens with two attached hydrogens (primary N) is 1. The van der Waals surface area contributed by atoms with Crippen LogP contribution in [0.25, 0.3) is 0 Å². The zero-order valence-corrected chi connectivity index (χ0v) is 10.4. The van der Waals surface area contributed by atoms with Crippen molar-refractivity contribution in [2.45, 2.75) is 18.9 Å². The summed E-state index contributed by atoms with van der Waals surface area (Å²) in [5.74, 6) is -0.0571. The Morgan fingerprint density at radius 1 is 1.53 bits per heavy atom. The van der Waals surface area contributed by atoms with E-state index in [0.29, 0.717) is 0 Å². The van der Waals surface area contributed by atoms with E-state index in [1.54, 1.807) is 0 Å². The molecular formula is C10H12Cl2N2O3. The van der Waals surface area contributed by atoms with Crippen molar-refractivity contribution in [1.29, 1.82) is 0 Å². The van der Waals surface area contributed by atoms with Crippen LogP contribution in [0.15, 0.2) is 12.1 Å². The summed E-state index contributed by atoms with van der Waals surface area (Å²) in [6.07, 6.45) is 1.87.